The second-order valence-electron chi connectivity index (χ2n) is 7.90. The highest BCUT2D eigenvalue weighted by Gasteiger charge is 2.39. The third kappa shape index (κ3) is 3.46. The number of aryl methyl sites for hydroxylation is 1. The van der Waals surface area contributed by atoms with Crippen molar-refractivity contribution in [3.63, 3.8) is 0 Å². The molecule has 4 amide bonds. The average Bonchev–Trinajstić information content (AvgIpc) is 3.32. The number of pyridine rings is 1. The molecular formula is C21H23N5O5S. The largest absolute Gasteiger partial charge is 0.379 e. The van der Waals surface area contributed by atoms with E-state index in [1.54, 1.807) is 30.0 Å². The fourth-order valence-electron chi connectivity index (χ4n) is 4.33. The van der Waals surface area contributed by atoms with Crippen molar-refractivity contribution in [3.8, 4) is 0 Å². The predicted molar refractivity (Wildman–Crippen MR) is 116 cm³/mol. The summed E-state index contributed by atoms with van der Waals surface area (Å²) >= 11 is 0. The minimum Gasteiger partial charge on any atom is -0.379 e. The number of morpholine rings is 1. The molecule has 2 saturated heterocycles. The highest BCUT2D eigenvalue weighted by atomic mass is 32.2. The lowest BCUT2D eigenvalue weighted by Crippen LogP contribution is -2.39. The first-order valence-corrected chi connectivity index (χ1v) is 11.6. The van der Waals surface area contributed by atoms with E-state index < -0.39 is 22.8 Å². The SMILES string of the molecule is Cc1nc2ccc(S(=O)N3CCOCC3)cc2c2c1C(=O)N(CCN1CCNC1=O)C2=O. The molecule has 4 heterocycles. The van der Waals surface area contributed by atoms with Crippen LogP contribution in [-0.2, 0) is 15.7 Å². The van der Waals surface area contributed by atoms with Gasteiger partial charge in [0.05, 0.1) is 40.4 Å². The fraction of sp³-hybridized carbons (Fsp3) is 0.429. The zero-order valence-electron chi connectivity index (χ0n) is 17.6. The number of urea groups is 1. The lowest BCUT2D eigenvalue weighted by molar-refractivity contribution is 0.0644. The molecule has 11 heteroatoms. The molecule has 1 N–H and O–H groups in total. The van der Waals surface area contributed by atoms with Gasteiger partial charge in [0.1, 0.15) is 11.0 Å². The standard InChI is InChI=1S/C21H23N5O5S/c1-13-17-18(20(28)26(19(17)27)7-6-24-5-4-22-21(24)29)15-12-14(2-3-16(15)23-13)32(30)25-8-10-31-11-9-25/h2-3,12H,4-11H2,1H3,(H,22,29). The Morgan fingerprint density at radius 2 is 1.81 bits per heavy atom. The van der Waals surface area contributed by atoms with Crippen LogP contribution >= 0.6 is 0 Å². The Balaban J connectivity index is 1.48. The number of fused-ring (bicyclic) bond motifs is 3. The van der Waals surface area contributed by atoms with E-state index in [4.69, 9.17) is 4.74 Å². The maximum absolute atomic E-state index is 13.3. The summed E-state index contributed by atoms with van der Waals surface area (Å²) in [5.74, 6) is -0.814. The van der Waals surface area contributed by atoms with Crippen LogP contribution in [-0.4, -0.2) is 93.6 Å². The Labute approximate surface area is 187 Å². The van der Waals surface area contributed by atoms with Crippen molar-refractivity contribution in [3.05, 3.63) is 35.0 Å². The van der Waals surface area contributed by atoms with E-state index in [1.165, 1.54) is 4.90 Å². The molecule has 3 aliphatic rings. The quantitative estimate of drug-likeness (QED) is 0.655. The van der Waals surface area contributed by atoms with Crippen LogP contribution in [0.3, 0.4) is 0 Å². The Kier molecular flexibility index (Phi) is 5.39. The number of benzene rings is 1. The Morgan fingerprint density at radius 3 is 2.53 bits per heavy atom. The van der Waals surface area contributed by atoms with Crippen LogP contribution in [0.1, 0.15) is 26.4 Å². The number of imide groups is 1. The topological polar surface area (TPSA) is 112 Å². The number of nitrogens with zero attached hydrogens (tertiary/aromatic N) is 4. The highest BCUT2D eigenvalue weighted by Crippen LogP contribution is 2.32. The minimum absolute atomic E-state index is 0.111. The van der Waals surface area contributed by atoms with E-state index in [0.717, 1.165) is 0 Å². The third-order valence-corrected chi connectivity index (χ3v) is 7.49. The highest BCUT2D eigenvalue weighted by molar-refractivity contribution is 7.82. The van der Waals surface area contributed by atoms with E-state index >= 15 is 0 Å². The average molecular weight is 458 g/mol. The molecule has 10 nitrogen and oxygen atoms in total. The van der Waals surface area contributed by atoms with Gasteiger partial charge in [-0.25, -0.2) is 13.3 Å². The molecule has 2 aromatic rings. The van der Waals surface area contributed by atoms with Crippen molar-refractivity contribution in [2.45, 2.75) is 11.8 Å². The van der Waals surface area contributed by atoms with Crippen LogP contribution in [0, 0.1) is 6.92 Å². The number of amides is 4. The molecule has 168 valence electrons. The van der Waals surface area contributed by atoms with E-state index in [-0.39, 0.29) is 24.7 Å². The van der Waals surface area contributed by atoms with Crippen molar-refractivity contribution in [2.75, 3.05) is 52.5 Å². The summed E-state index contributed by atoms with van der Waals surface area (Å²) in [4.78, 5) is 46.0. The molecule has 1 unspecified atom stereocenters. The minimum atomic E-state index is -1.40. The maximum atomic E-state index is 13.3. The Hall–Kier alpha value is -2.89. The number of hydrogen-bond donors (Lipinski definition) is 1. The van der Waals surface area contributed by atoms with Gasteiger partial charge >= 0.3 is 6.03 Å². The smallest absolute Gasteiger partial charge is 0.317 e. The number of rotatable bonds is 5. The number of aromatic nitrogens is 1. The summed E-state index contributed by atoms with van der Waals surface area (Å²) < 4.78 is 20.2. The van der Waals surface area contributed by atoms with E-state index in [1.807, 2.05) is 4.31 Å². The van der Waals surface area contributed by atoms with Crippen LogP contribution < -0.4 is 5.32 Å². The van der Waals surface area contributed by atoms with Gasteiger partial charge in [0, 0.05) is 44.7 Å². The van der Waals surface area contributed by atoms with Crippen LogP contribution in [0.4, 0.5) is 4.79 Å². The monoisotopic (exact) mass is 457 g/mol. The fourth-order valence-corrected chi connectivity index (χ4v) is 5.51. The van der Waals surface area contributed by atoms with Gasteiger partial charge in [-0.05, 0) is 25.1 Å². The van der Waals surface area contributed by atoms with Crippen molar-refractivity contribution in [1.29, 1.82) is 0 Å². The van der Waals surface area contributed by atoms with Crippen molar-refractivity contribution in [1.82, 2.24) is 24.4 Å². The van der Waals surface area contributed by atoms with Crippen LogP contribution in [0.15, 0.2) is 23.1 Å². The summed E-state index contributed by atoms with van der Waals surface area (Å²) in [6.45, 7) is 5.35. The lowest BCUT2D eigenvalue weighted by Gasteiger charge is -2.25. The van der Waals surface area contributed by atoms with Crippen molar-refractivity contribution < 1.29 is 23.3 Å². The van der Waals surface area contributed by atoms with Gasteiger partial charge in [-0.2, -0.15) is 0 Å². The van der Waals surface area contributed by atoms with Crippen LogP contribution in [0.2, 0.25) is 0 Å². The zero-order chi connectivity index (χ0) is 22.4. The van der Waals surface area contributed by atoms with Crippen LogP contribution in [0.25, 0.3) is 10.9 Å². The van der Waals surface area contributed by atoms with E-state index in [9.17, 15) is 18.6 Å². The van der Waals surface area contributed by atoms with Gasteiger partial charge in [-0.15, -0.1) is 0 Å². The summed E-state index contributed by atoms with van der Waals surface area (Å²) in [6, 6.07) is 5.00. The summed E-state index contributed by atoms with van der Waals surface area (Å²) in [5.41, 5.74) is 1.63. The van der Waals surface area contributed by atoms with E-state index in [0.29, 0.717) is 66.4 Å². The molecule has 1 atom stereocenters. The molecule has 2 fully saturated rings. The number of nitrogens with one attached hydrogen (secondary N) is 1. The molecule has 0 aliphatic carbocycles. The van der Waals surface area contributed by atoms with Gasteiger partial charge in [-0.1, -0.05) is 0 Å². The van der Waals surface area contributed by atoms with E-state index in [2.05, 4.69) is 10.3 Å². The number of carbonyl (C=O) groups excluding carboxylic acids is 3. The molecule has 0 radical (unpaired) electrons. The predicted octanol–water partition coefficient (Wildman–Crippen LogP) is 0.519. The van der Waals surface area contributed by atoms with Gasteiger partial charge in [0.2, 0.25) is 0 Å². The Morgan fingerprint density at radius 1 is 1.06 bits per heavy atom. The molecule has 0 saturated carbocycles. The zero-order valence-corrected chi connectivity index (χ0v) is 18.4. The summed E-state index contributed by atoms with van der Waals surface area (Å²) in [6.07, 6.45) is 0. The molecule has 1 aromatic heterocycles. The summed E-state index contributed by atoms with van der Waals surface area (Å²) in [5, 5.41) is 3.23. The van der Waals surface area contributed by atoms with Gasteiger partial charge in [0.25, 0.3) is 11.8 Å². The molecular weight excluding hydrogens is 434 g/mol. The number of ether oxygens (including phenoxy) is 1. The first kappa shape index (κ1) is 21.0. The maximum Gasteiger partial charge on any atom is 0.317 e. The van der Waals surface area contributed by atoms with Gasteiger partial charge in [0.15, 0.2) is 0 Å². The summed E-state index contributed by atoms with van der Waals surface area (Å²) in [7, 11) is -1.40. The molecule has 1 aromatic carbocycles. The molecule has 0 bridgehead atoms. The van der Waals surface area contributed by atoms with Crippen LogP contribution in [0.5, 0.6) is 0 Å². The molecule has 0 spiro atoms. The second kappa shape index (κ2) is 8.23. The third-order valence-electron chi connectivity index (χ3n) is 6.00. The molecule has 32 heavy (non-hydrogen) atoms. The first-order chi connectivity index (χ1) is 15.5. The first-order valence-electron chi connectivity index (χ1n) is 10.5. The van der Waals surface area contributed by atoms with Crippen molar-refractivity contribution in [2.24, 2.45) is 0 Å². The number of carbonyl (C=O) groups is 3. The van der Waals surface area contributed by atoms with Crippen molar-refractivity contribution >= 4 is 39.7 Å². The Bertz CT molecular complexity index is 1160. The lowest BCUT2D eigenvalue weighted by atomic mass is 10.0. The molecule has 5 rings (SSSR count). The van der Waals surface area contributed by atoms with Gasteiger partial charge in [-0.3, -0.25) is 19.5 Å². The normalized spacial score (nSPS) is 20.2. The van der Waals surface area contributed by atoms with Gasteiger partial charge < -0.3 is 15.0 Å². The second-order valence-corrected chi connectivity index (χ2v) is 9.38. The molecule has 3 aliphatic heterocycles. The number of hydrogen-bond acceptors (Lipinski definition) is 6.